The molecule has 0 aliphatic rings. The molecule has 0 amide bonds. The zero-order valence-electron chi connectivity index (χ0n) is 15.6. The largest absolute Gasteiger partial charge is 0.252 e. The first-order valence-electron chi connectivity index (χ1n) is 8.91. The number of benzene rings is 2. The van der Waals surface area contributed by atoms with E-state index in [2.05, 4.69) is 84.0 Å². The number of rotatable bonds is 3. The molecule has 0 aliphatic heterocycles. The van der Waals surface area contributed by atoms with Gasteiger partial charge in [0, 0.05) is 16.6 Å². The second-order valence-corrected chi connectivity index (χ2v) is 7.36. The van der Waals surface area contributed by atoms with E-state index in [-0.39, 0.29) is 0 Å². The average Bonchev–Trinajstić information content (AvgIpc) is 2.55. The number of hydrogen-bond acceptors (Lipinski definition) is 1. The molecule has 1 heterocycles. The van der Waals surface area contributed by atoms with Gasteiger partial charge in [-0.15, -0.1) is 0 Å². The number of aromatic nitrogens is 1. The van der Waals surface area contributed by atoms with E-state index in [1.54, 1.807) is 0 Å². The van der Waals surface area contributed by atoms with Crippen LogP contribution in [0, 0.1) is 13.8 Å². The molecule has 0 fully saturated rings. The maximum atomic E-state index is 5.19. The van der Waals surface area contributed by atoms with Crippen molar-refractivity contribution in [3.05, 3.63) is 64.8 Å². The summed E-state index contributed by atoms with van der Waals surface area (Å²) < 4.78 is 0. The van der Waals surface area contributed by atoms with Crippen LogP contribution in [0.1, 0.15) is 61.9 Å². The molecule has 0 bridgehead atoms. The normalized spacial score (nSPS) is 11.7. The van der Waals surface area contributed by atoms with Gasteiger partial charge in [0.2, 0.25) is 0 Å². The lowest BCUT2D eigenvalue weighted by atomic mass is 9.88. The van der Waals surface area contributed by atoms with Crippen LogP contribution in [-0.4, -0.2) is 4.98 Å². The molecule has 0 unspecified atom stereocenters. The highest BCUT2D eigenvalue weighted by atomic mass is 14.7. The molecule has 0 N–H and O–H groups in total. The monoisotopic (exact) mass is 317 g/mol. The zero-order valence-corrected chi connectivity index (χ0v) is 15.6. The third-order valence-corrected chi connectivity index (χ3v) is 4.96. The first kappa shape index (κ1) is 16.7. The Morgan fingerprint density at radius 1 is 0.750 bits per heavy atom. The fraction of sp³-hybridized carbons (Fsp3) is 0.348. The van der Waals surface area contributed by atoms with E-state index in [4.69, 9.17) is 4.98 Å². The van der Waals surface area contributed by atoms with Gasteiger partial charge in [0.15, 0.2) is 0 Å². The Kier molecular flexibility index (Phi) is 4.45. The second-order valence-electron chi connectivity index (χ2n) is 7.36. The van der Waals surface area contributed by atoms with Gasteiger partial charge in [0.25, 0.3) is 0 Å². The van der Waals surface area contributed by atoms with Gasteiger partial charge in [-0.2, -0.15) is 0 Å². The van der Waals surface area contributed by atoms with Crippen molar-refractivity contribution in [2.45, 2.75) is 53.4 Å². The fourth-order valence-corrected chi connectivity index (χ4v) is 3.56. The van der Waals surface area contributed by atoms with Crippen LogP contribution in [0.4, 0.5) is 0 Å². The van der Waals surface area contributed by atoms with Crippen molar-refractivity contribution in [1.29, 1.82) is 0 Å². The number of fused-ring (bicyclic) bond motifs is 1. The molecule has 0 radical (unpaired) electrons. The molecule has 0 saturated carbocycles. The van der Waals surface area contributed by atoms with Crippen LogP contribution in [0.25, 0.3) is 22.0 Å². The standard InChI is InChI=1S/C23H27N/c1-14(2)21-19-11-7-8-12-20(19)23(24-22(21)15(3)4)18-13-9-10-16(5)17(18)6/h7-15H,1-6H3. The summed E-state index contributed by atoms with van der Waals surface area (Å²) in [5.74, 6) is 0.878. The summed E-state index contributed by atoms with van der Waals surface area (Å²) in [7, 11) is 0. The Morgan fingerprint density at radius 3 is 2.04 bits per heavy atom. The molecular formula is C23H27N. The molecule has 1 nitrogen and oxygen atoms in total. The van der Waals surface area contributed by atoms with Crippen molar-refractivity contribution in [3.8, 4) is 11.3 Å². The fourth-order valence-electron chi connectivity index (χ4n) is 3.56. The smallest absolute Gasteiger partial charge is 0.0786 e. The van der Waals surface area contributed by atoms with Crippen molar-refractivity contribution in [2.75, 3.05) is 0 Å². The summed E-state index contributed by atoms with van der Waals surface area (Å²) >= 11 is 0. The van der Waals surface area contributed by atoms with Crippen LogP contribution in [0.2, 0.25) is 0 Å². The van der Waals surface area contributed by atoms with Crippen LogP contribution < -0.4 is 0 Å². The van der Waals surface area contributed by atoms with Gasteiger partial charge in [-0.1, -0.05) is 70.2 Å². The van der Waals surface area contributed by atoms with Crippen LogP contribution >= 0.6 is 0 Å². The van der Waals surface area contributed by atoms with E-state index in [1.165, 1.54) is 38.7 Å². The van der Waals surface area contributed by atoms with Gasteiger partial charge >= 0.3 is 0 Å². The molecule has 1 heteroatoms. The molecular weight excluding hydrogens is 290 g/mol. The number of nitrogens with zero attached hydrogens (tertiary/aromatic N) is 1. The van der Waals surface area contributed by atoms with Gasteiger partial charge in [-0.3, -0.25) is 4.98 Å². The van der Waals surface area contributed by atoms with Gasteiger partial charge in [0.05, 0.1) is 5.69 Å². The SMILES string of the molecule is Cc1cccc(-c2nc(C(C)C)c(C(C)C)c3ccccc23)c1C. The van der Waals surface area contributed by atoms with E-state index in [9.17, 15) is 0 Å². The van der Waals surface area contributed by atoms with Gasteiger partial charge in [0.1, 0.15) is 0 Å². The third kappa shape index (κ3) is 2.73. The average molecular weight is 317 g/mol. The minimum Gasteiger partial charge on any atom is -0.252 e. The number of pyridine rings is 1. The Balaban J connectivity index is 2.45. The molecule has 0 atom stereocenters. The van der Waals surface area contributed by atoms with Crippen molar-refractivity contribution in [2.24, 2.45) is 0 Å². The van der Waals surface area contributed by atoms with Crippen LogP contribution in [-0.2, 0) is 0 Å². The predicted molar refractivity (Wildman–Crippen MR) is 105 cm³/mol. The summed E-state index contributed by atoms with van der Waals surface area (Å²) in [6, 6.07) is 15.3. The molecule has 3 aromatic rings. The van der Waals surface area contributed by atoms with E-state index < -0.39 is 0 Å². The van der Waals surface area contributed by atoms with E-state index in [0.29, 0.717) is 11.8 Å². The quantitative estimate of drug-likeness (QED) is 0.519. The van der Waals surface area contributed by atoms with E-state index >= 15 is 0 Å². The molecule has 0 aliphatic carbocycles. The summed E-state index contributed by atoms with van der Waals surface area (Å²) in [5, 5.41) is 2.61. The van der Waals surface area contributed by atoms with Gasteiger partial charge in [-0.05, 0) is 47.8 Å². The Bertz CT molecular complexity index is 888. The Labute approximate surface area is 145 Å². The van der Waals surface area contributed by atoms with Crippen molar-refractivity contribution in [3.63, 3.8) is 0 Å². The zero-order chi connectivity index (χ0) is 17.4. The van der Waals surface area contributed by atoms with Crippen LogP contribution in [0.5, 0.6) is 0 Å². The maximum absolute atomic E-state index is 5.19. The first-order valence-corrected chi connectivity index (χ1v) is 8.91. The first-order chi connectivity index (χ1) is 11.4. The molecule has 0 saturated heterocycles. The second kappa shape index (κ2) is 6.39. The molecule has 3 rings (SSSR count). The van der Waals surface area contributed by atoms with Crippen molar-refractivity contribution < 1.29 is 0 Å². The summed E-state index contributed by atoms with van der Waals surface area (Å²) in [6.07, 6.45) is 0. The van der Waals surface area contributed by atoms with Gasteiger partial charge < -0.3 is 0 Å². The summed E-state index contributed by atoms with van der Waals surface area (Å²) in [4.78, 5) is 5.19. The highest BCUT2D eigenvalue weighted by molar-refractivity contribution is 5.98. The van der Waals surface area contributed by atoms with E-state index in [0.717, 1.165) is 5.69 Å². The Morgan fingerprint density at radius 2 is 1.42 bits per heavy atom. The van der Waals surface area contributed by atoms with Gasteiger partial charge in [-0.25, -0.2) is 0 Å². The number of hydrogen-bond donors (Lipinski definition) is 0. The third-order valence-electron chi connectivity index (χ3n) is 4.96. The minimum atomic E-state index is 0.413. The van der Waals surface area contributed by atoms with Crippen molar-refractivity contribution in [1.82, 2.24) is 4.98 Å². The molecule has 124 valence electrons. The van der Waals surface area contributed by atoms with Crippen LogP contribution in [0.3, 0.4) is 0 Å². The highest BCUT2D eigenvalue weighted by Gasteiger charge is 2.19. The molecule has 24 heavy (non-hydrogen) atoms. The lowest BCUT2D eigenvalue weighted by Gasteiger charge is -2.21. The molecule has 0 spiro atoms. The topological polar surface area (TPSA) is 12.9 Å². The number of aryl methyl sites for hydroxylation is 1. The molecule has 1 aromatic heterocycles. The lowest BCUT2D eigenvalue weighted by Crippen LogP contribution is -2.06. The lowest BCUT2D eigenvalue weighted by molar-refractivity contribution is 0.767. The summed E-state index contributed by atoms with van der Waals surface area (Å²) in [5.41, 5.74) is 7.65. The minimum absolute atomic E-state index is 0.413. The summed E-state index contributed by atoms with van der Waals surface area (Å²) in [6.45, 7) is 13.4. The maximum Gasteiger partial charge on any atom is 0.0786 e. The van der Waals surface area contributed by atoms with Crippen molar-refractivity contribution >= 4 is 10.8 Å². The van der Waals surface area contributed by atoms with Crippen LogP contribution in [0.15, 0.2) is 42.5 Å². The molecule has 2 aromatic carbocycles. The Hall–Kier alpha value is -2.15. The highest BCUT2D eigenvalue weighted by Crippen LogP contribution is 2.38. The van der Waals surface area contributed by atoms with E-state index in [1.807, 2.05) is 0 Å². The predicted octanol–water partition coefficient (Wildman–Crippen LogP) is 6.77.